The summed E-state index contributed by atoms with van der Waals surface area (Å²) in [5.74, 6) is 1.20. The van der Waals surface area contributed by atoms with Gasteiger partial charge in [0.1, 0.15) is 5.78 Å². The van der Waals surface area contributed by atoms with Gasteiger partial charge in [-0.1, -0.05) is 31.7 Å². The summed E-state index contributed by atoms with van der Waals surface area (Å²) in [6, 6.07) is 4.13. The molecule has 3 rings (SSSR count). The van der Waals surface area contributed by atoms with Crippen molar-refractivity contribution in [1.29, 1.82) is 0 Å². The van der Waals surface area contributed by atoms with Gasteiger partial charge in [-0.25, -0.2) is 0 Å². The van der Waals surface area contributed by atoms with Gasteiger partial charge in [-0.2, -0.15) is 0 Å². The molecule has 2 nitrogen and oxygen atoms in total. The molecule has 1 aromatic rings. The zero-order valence-electron chi connectivity index (χ0n) is 10.9. The van der Waals surface area contributed by atoms with Crippen LogP contribution in [0.1, 0.15) is 62.1 Å². The highest BCUT2D eigenvalue weighted by molar-refractivity contribution is 5.86. The lowest BCUT2D eigenvalue weighted by atomic mass is 9.81. The zero-order valence-corrected chi connectivity index (χ0v) is 10.9. The van der Waals surface area contributed by atoms with Crippen molar-refractivity contribution in [2.75, 3.05) is 0 Å². The van der Waals surface area contributed by atoms with Crippen LogP contribution in [0.4, 0.5) is 0 Å². The molecule has 0 amide bonds. The number of nitrogens with zero attached hydrogens (tertiary/aromatic N) is 1. The van der Waals surface area contributed by atoms with E-state index in [9.17, 15) is 4.79 Å². The van der Waals surface area contributed by atoms with Crippen LogP contribution in [0.3, 0.4) is 0 Å². The van der Waals surface area contributed by atoms with Crippen LogP contribution in [0.15, 0.2) is 18.3 Å². The number of carbonyl (C=O) groups excluding carboxylic acids is 1. The van der Waals surface area contributed by atoms with Gasteiger partial charge in [0.25, 0.3) is 0 Å². The molecule has 1 saturated carbocycles. The predicted octanol–water partition coefficient (Wildman–Crippen LogP) is 3.65. The molecular formula is C16H21NO. The highest BCUT2D eigenvalue weighted by Crippen LogP contribution is 2.35. The van der Waals surface area contributed by atoms with Gasteiger partial charge in [0, 0.05) is 12.6 Å². The lowest BCUT2D eigenvalue weighted by Crippen LogP contribution is -2.21. The maximum absolute atomic E-state index is 12.5. The highest BCUT2D eigenvalue weighted by Gasteiger charge is 2.29. The summed E-state index contributed by atoms with van der Waals surface area (Å²) in [6.45, 7) is 0. The van der Waals surface area contributed by atoms with Gasteiger partial charge < -0.3 is 0 Å². The van der Waals surface area contributed by atoms with Crippen LogP contribution in [0, 0.1) is 5.92 Å². The Hall–Kier alpha value is -1.18. The Labute approximate surface area is 109 Å². The molecule has 2 heteroatoms. The van der Waals surface area contributed by atoms with E-state index in [0.717, 1.165) is 31.4 Å². The van der Waals surface area contributed by atoms with Gasteiger partial charge in [0.2, 0.25) is 0 Å². The van der Waals surface area contributed by atoms with E-state index in [4.69, 9.17) is 0 Å². The molecule has 2 aliphatic rings. The molecule has 1 heterocycles. The maximum Gasteiger partial charge on any atom is 0.142 e. The topological polar surface area (TPSA) is 30.0 Å². The van der Waals surface area contributed by atoms with Crippen molar-refractivity contribution in [3.05, 3.63) is 29.6 Å². The standard InChI is InChI=1S/C16H21NO/c18-15(11-12-5-1-2-6-12)14-9-3-7-13-8-4-10-17-16(13)14/h4,8,10,12,14H,1-3,5-7,9,11H2. The van der Waals surface area contributed by atoms with Gasteiger partial charge in [-0.15, -0.1) is 0 Å². The number of hydrogen-bond acceptors (Lipinski definition) is 2. The number of pyridine rings is 1. The molecular weight excluding hydrogens is 222 g/mol. The van der Waals surface area contributed by atoms with Gasteiger partial charge in [-0.3, -0.25) is 9.78 Å². The third kappa shape index (κ3) is 2.33. The minimum atomic E-state index is 0.0931. The summed E-state index contributed by atoms with van der Waals surface area (Å²) in [7, 11) is 0. The van der Waals surface area contributed by atoms with Crippen molar-refractivity contribution in [2.45, 2.75) is 57.3 Å². The van der Waals surface area contributed by atoms with Gasteiger partial charge in [0.15, 0.2) is 0 Å². The molecule has 0 radical (unpaired) electrons. The number of hydrogen-bond donors (Lipinski definition) is 0. The summed E-state index contributed by atoms with van der Waals surface area (Å²) in [5, 5.41) is 0. The monoisotopic (exact) mass is 243 g/mol. The Bertz CT molecular complexity index is 434. The third-order valence-corrected chi connectivity index (χ3v) is 4.55. The minimum Gasteiger partial charge on any atom is -0.299 e. The molecule has 1 fully saturated rings. The first-order chi connectivity index (χ1) is 8.84. The second kappa shape index (κ2) is 5.21. The van der Waals surface area contributed by atoms with Gasteiger partial charge >= 0.3 is 0 Å². The summed E-state index contributed by atoms with van der Waals surface area (Å²) < 4.78 is 0. The second-order valence-electron chi connectivity index (χ2n) is 5.81. The molecule has 0 N–H and O–H groups in total. The first-order valence-electron chi connectivity index (χ1n) is 7.31. The van der Waals surface area contributed by atoms with Crippen LogP contribution in [-0.2, 0) is 11.2 Å². The van der Waals surface area contributed by atoms with Crippen LogP contribution in [0.25, 0.3) is 0 Å². The molecule has 1 atom stereocenters. The maximum atomic E-state index is 12.5. The van der Waals surface area contributed by atoms with Crippen LogP contribution in [-0.4, -0.2) is 10.8 Å². The molecule has 1 unspecified atom stereocenters. The van der Waals surface area contributed by atoms with E-state index < -0.39 is 0 Å². The Morgan fingerprint density at radius 3 is 2.89 bits per heavy atom. The van der Waals surface area contributed by atoms with E-state index >= 15 is 0 Å². The molecule has 0 saturated heterocycles. The smallest absolute Gasteiger partial charge is 0.142 e. The molecule has 2 aliphatic carbocycles. The van der Waals surface area contributed by atoms with Crippen molar-refractivity contribution in [2.24, 2.45) is 5.92 Å². The van der Waals surface area contributed by atoms with Gasteiger partial charge in [0.05, 0.1) is 11.6 Å². The average Bonchev–Trinajstić information content (AvgIpc) is 2.91. The Morgan fingerprint density at radius 2 is 2.06 bits per heavy atom. The Balaban J connectivity index is 1.74. The van der Waals surface area contributed by atoms with Crippen molar-refractivity contribution >= 4 is 5.78 Å². The molecule has 96 valence electrons. The van der Waals surface area contributed by atoms with Crippen molar-refractivity contribution in [1.82, 2.24) is 4.98 Å². The normalized spacial score (nSPS) is 23.9. The summed E-state index contributed by atoms with van der Waals surface area (Å²) in [6.07, 6.45) is 11.0. The van der Waals surface area contributed by atoms with E-state index in [1.165, 1.54) is 31.2 Å². The van der Waals surface area contributed by atoms with Crippen molar-refractivity contribution in [3.8, 4) is 0 Å². The highest BCUT2D eigenvalue weighted by atomic mass is 16.1. The third-order valence-electron chi connectivity index (χ3n) is 4.55. The lowest BCUT2D eigenvalue weighted by Gasteiger charge is -2.24. The van der Waals surface area contributed by atoms with E-state index in [-0.39, 0.29) is 5.92 Å². The second-order valence-corrected chi connectivity index (χ2v) is 5.81. The molecule has 18 heavy (non-hydrogen) atoms. The largest absolute Gasteiger partial charge is 0.299 e. The van der Waals surface area contributed by atoms with E-state index in [0.29, 0.717) is 11.7 Å². The van der Waals surface area contributed by atoms with Crippen LogP contribution in [0.5, 0.6) is 0 Å². The fraction of sp³-hybridized carbons (Fsp3) is 0.625. The number of aromatic nitrogens is 1. The summed E-state index contributed by atoms with van der Waals surface area (Å²) in [4.78, 5) is 17.0. The Morgan fingerprint density at radius 1 is 1.22 bits per heavy atom. The quantitative estimate of drug-likeness (QED) is 0.811. The van der Waals surface area contributed by atoms with Gasteiger partial charge in [-0.05, 0) is 36.8 Å². The number of carbonyl (C=O) groups is 1. The zero-order chi connectivity index (χ0) is 12.4. The molecule has 0 bridgehead atoms. The SMILES string of the molecule is O=C(CC1CCCC1)C1CCCc2cccnc21. The molecule has 0 aromatic carbocycles. The fourth-order valence-corrected chi connectivity index (χ4v) is 3.56. The van der Waals surface area contributed by atoms with Crippen molar-refractivity contribution in [3.63, 3.8) is 0 Å². The average molecular weight is 243 g/mol. The number of ketones is 1. The van der Waals surface area contributed by atoms with E-state index in [1.807, 2.05) is 12.3 Å². The predicted molar refractivity (Wildman–Crippen MR) is 71.5 cm³/mol. The first kappa shape index (κ1) is 11.9. The van der Waals surface area contributed by atoms with E-state index in [1.54, 1.807) is 0 Å². The summed E-state index contributed by atoms with van der Waals surface area (Å²) in [5.41, 5.74) is 2.38. The molecule has 1 aromatic heterocycles. The Kier molecular flexibility index (Phi) is 3.44. The number of Topliss-reactive ketones (excluding diaryl/α,β-unsaturated/α-hetero) is 1. The van der Waals surface area contributed by atoms with Crippen LogP contribution < -0.4 is 0 Å². The summed E-state index contributed by atoms with van der Waals surface area (Å²) >= 11 is 0. The minimum absolute atomic E-state index is 0.0931. The molecule has 0 spiro atoms. The van der Waals surface area contributed by atoms with Crippen LogP contribution in [0.2, 0.25) is 0 Å². The first-order valence-corrected chi connectivity index (χ1v) is 7.31. The van der Waals surface area contributed by atoms with E-state index in [2.05, 4.69) is 11.1 Å². The molecule has 0 aliphatic heterocycles. The lowest BCUT2D eigenvalue weighted by molar-refractivity contribution is -0.121. The van der Waals surface area contributed by atoms with Crippen LogP contribution >= 0.6 is 0 Å². The number of rotatable bonds is 3. The fourth-order valence-electron chi connectivity index (χ4n) is 3.56. The number of fused-ring (bicyclic) bond motifs is 1. The van der Waals surface area contributed by atoms with Crippen molar-refractivity contribution < 1.29 is 4.79 Å². The number of aryl methyl sites for hydroxylation is 1.